The predicted octanol–water partition coefficient (Wildman–Crippen LogP) is 3.85. The van der Waals surface area contributed by atoms with E-state index in [1.165, 1.54) is 30.3 Å². The summed E-state index contributed by atoms with van der Waals surface area (Å²) < 4.78 is 5.03. The smallest absolute Gasteiger partial charge is 0.339 e. The summed E-state index contributed by atoms with van der Waals surface area (Å²) in [5, 5.41) is 10.9. The lowest BCUT2D eigenvalue weighted by atomic mass is 9.98. The van der Waals surface area contributed by atoms with Gasteiger partial charge in [-0.2, -0.15) is 0 Å². The summed E-state index contributed by atoms with van der Waals surface area (Å²) in [6, 6.07) is 12.6. The maximum absolute atomic E-state index is 12.8. The zero-order valence-corrected chi connectivity index (χ0v) is 15.5. The summed E-state index contributed by atoms with van der Waals surface area (Å²) >= 11 is 5.78. The van der Waals surface area contributed by atoms with Gasteiger partial charge in [0, 0.05) is 23.4 Å². The Kier molecular flexibility index (Phi) is 5.85. The van der Waals surface area contributed by atoms with Gasteiger partial charge in [-0.25, -0.2) is 4.79 Å². The third kappa shape index (κ3) is 4.39. The van der Waals surface area contributed by atoms with Crippen LogP contribution < -0.4 is 0 Å². The first-order valence-electron chi connectivity index (χ1n) is 8.30. The Bertz CT molecular complexity index is 1110. The predicted molar refractivity (Wildman–Crippen MR) is 103 cm³/mol. The number of benzene rings is 2. The van der Waals surface area contributed by atoms with Crippen molar-refractivity contribution < 1.29 is 24.0 Å². The highest BCUT2D eigenvalue weighted by Crippen LogP contribution is 2.27. The van der Waals surface area contributed by atoms with Crippen molar-refractivity contribution in [3.05, 3.63) is 98.3 Å². The fraction of sp³-hybridized carbons (Fsp3) is 0.0500. The largest absolute Gasteiger partial charge is 0.454 e. The second-order valence-electron chi connectivity index (χ2n) is 5.88. The highest BCUT2D eigenvalue weighted by molar-refractivity contribution is 6.33. The summed E-state index contributed by atoms with van der Waals surface area (Å²) in [7, 11) is 0. The van der Waals surface area contributed by atoms with Crippen molar-refractivity contribution in [3.8, 4) is 0 Å². The molecule has 29 heavy (non-hydrogen) atoms. The third-order valence-electron chi connectivity index (χ3n) is 4.03. The van der Waals surface area contributed by atoms with Crippen molar-refractivity contribution in [2.75, 3.05) is 6.61 Å². The van der Waals surface area contributed by atoms with Crippen molar-refractivity contribution >= 4 is 34.8 Å². The number of ether oxygens (including phenoxy) is 1. The second-order valence-corrected chi connectivity index (χ2v) is 6.29. The molecule has 0 saturated carbocycles. The number of aromatic amines is 1. The number of ketones is 2. The van der Waals surface area contributed by atoms with Crippen LogP contribution in [-0.4, -0.2) is 34.0 Å². The standard InChI is InChI=1S/C20H13ClN2O6/c21-15-8-7-12(10-17(15)23(27)28)19(25)13-4-1-2-5-14(13)20(26)29-11-18(24)16-6-3-9-22-16/h1-10,22H,11H2. The SMILES string of the molecule is O=C(COC(=O)c1ccccc1C(=O)c1ccc(Cl)c([N+](=O)[O-])c1)c1ccc[nH]1. The molecule has 3 aromatic rings. The Morgan fingerprint density at radius 1 is 1.03 bits per heavy atom. The van der Waals surface area contributed by atoms with E-state index in [2.05, 4.69) is 4.98 Å². The number of nitro groups is 1. The van der Waals surface area contributed by atoms with Crippen LogP contribution in [0.25, 0.3) is 0 Å². The number of H-pyrrole nitrogens is 1. The van der Waals surface area contributed by atoms with Crippen LogP contribution in [-0.2, 0) is 4.74 Å². The molecule has 0 aliphatic carbocycles. The van der Waals surface area contributed by atoms with Crippen molar-refractivity contribution in [2.45, 2.75) is 0 Å². The zero-order valence-electron chi connectivity index (χ0n) is 14.8. The number of aromatic nitrogens is 1. The topological polar surface area (TPSA) is 119 Å². The monoisotopic (exact) mass is 412 g/mol. The van der Waals surface area contributed by atoms with Crippen LogP contribution >= 0.6 is 11.6 Å². The van der Waals surface area contributed by atoms with E-state index in [-0.39, 0.29) is 27.4 Å². The number of esters is 1. The molecule has 1 N–H and O–H groups in total. The highest BCUT2D eigenvalue weighted by atomic mass is 35.5. The number of nitrogens with one attached hydrogen (secondary N) is 1. The normalized spacial score (nSPS) is 10.4. The summed E-state index contributed by atoms with van der Waals surface area (Å²) in [4.78, 5) is 50.3. The van der Waals surface area contributed by atoms with Gasteiger partial charge in [0.15, 0.2) is 12.4 Å². The second kappa shape index (κ2) is 8.49. The minimum atomic E-state index is -0.864. The number of carbonyl (C=O) groups excluding carboxylic acids is 3. The van der Waals surface area contributed by atoms with E-state index in [1.807, 2.05) is 0 Å². The van der Waals surface area contributed by atoms with Gasteiger partial charge in [0.05, 0.1) is 16.2 Å². The molecule has 3 rings (SSSR count). The summed E-state index contributed by atoms with van der Waals surface area (Å²) in [5.41, 5.74) is -0.218. The molecule has 9 heteroatoms. The fourth-order valence-corrected chi connectivity index (χ4v) is 2.79. The van der Waals surface area contributed by atoms with Crippen LogP contribution in [0.2, 0.25) is 5.02 Å². The van der Waals surface area contributed by atoms with E-state index < -0.39 is 34.8 Å². The van der Waals surface area contributed by atoms with E-state index in [0.29, 0.717) is 0 Å². The van der Waals surface area contributed by atoms with Crippen molar-refractivity contribution in [3.63, 3.8) is 0 Å². The van der Waals surface area contributed by atoms with Crippen molar-refractivity contribution in [1.82, 2.24) is 4.98 Å². The average molecular weight is 413 g/mol. The van der Waals surface area contributed by atoms with Gasteiger partial charge in [0.25, 0.3) is 5.69 Å². The highest BCUT2D eigenvalue weighted by Gasteiger charge is 2.22. The first kappa shape index (κ1) is 20.0. The molecule has 0 bridgehead atoms. The molecule has 0 atom stereocenters. The van der Waals surface area contributed by atoms with Gasteiger partial charge >= 0.3 is 5.97 Å². The molecule has 1 aromatic heterocycles. The molecule has 8 nitrogen and oxygen atoms in total. The van der Waals surface area contributed by atoms with Crippen molar-refractivity contribution in [1.29, 1.82) is 0 Å². The van der Waals surface area contributed by atoms with Gasteiger partial charge in [0.1, 0.15) is 5.02 Å². The van der Waals surface area contributed by atoms with Crippen LogP contribution in [0, 0.1) is 10.1 Å². The van der Waals surface area contributed by atoms with Gasteiger partial charge in [0.2, 0.25) is 5.78 Å². The molecule has 0 fully saturated rings. The van der Waals surface area contributed by atoms with Crippen LogP contribution in [0.4, 0.5) is 5.69 Å². The fourth-order valence-electron chi connectivity index (χ4n) is 2.60. The summed E-state index contributed by atoms with van der Waals surface area (Å²) in [6.07, 6.45) is 1.56. The maximum Gasteiger partial charge on any atom is 0.339 e. The Morgan fingerprint density at radius 2 is 1.76 bits per heavy atom. The minimum absolute atomic E-state index is 0.0104. The average Bonchev–Trinajstić information content (AvgIpc) is 3.26. The molecule has 0 aliphatic rings. The molecule has 1 heterocycles. The van der Waals surface area contributed by atoms with E-state index in [1.54, 1.807) is 24.4 Å². The van der Waals surface area contributed by atoms with Gasteiger partial charge in [-0.05, 0) is 30.3 Å². The molecule has 146 valence electrons. The zero-order chi connectivity index (χ0) is 21.0. The van der Waals surface area contributed by atoms with Crippen molar-refractivity contribution in [2.24, 2.45) is 0 Å². The van der Waals surface area contributed by atoms with Gasteiger partial charge in [-0.3, -0.25) is 19.7 Å². The Labute approximate surface area is 169 Å². The Morgan fingerprint density at radius 3 is 2.41 bits per heavy atom. The molecule has 0 saturated heterocycles. The summed E-state index contributed by atoms with van der Waals surface area (Å²) in [6.45, 7) is -0.506. The van der Waals surface area contributed by atoms with Gasteiger partial charge in [-0.1, -0.05) is 29.8 Å². The lowest BCUT2D eigenvalue weighted by molar-refractivity contribution is -0.384. The molecular formula is C20H13ClN2O6. The third-order valence-corrected chi connectivity index (χ3v) is 4.35. The first-order valence-corrected chi connectivity index (χ1v) is 8.67. The number of nitro benzene ring substituents is 1. The Balaban J connectivity index is 1.84. The molecular weight excluding hydrogens is 400 g/mol. The maximum atomic E-state index is 12.8. The number of halogens is 1. The van der Waals surface area contributed by atoms with E-state index in [4.69, 9.17) is 16.3 Å². The van der Waals surface area contributed by atoms with E-state index in [9.17, 15) is 24.5 Å². The van der Waals surface area contributed by atoms with Crippen LogP contribution in [0.5, 0.6) is 0 Å². The molecule has 0 aliphatic heterocycles. The van der Waals surface area contributed by atoms with Crippen LogP contribution in [0.1, 0.15) is 36.8 Å². The summed E-state index contributed by atoms with van der Waals surface area (Å²) in [5.74, 6) is -1.91. The number of rotatable bonds is 7. The van der Waals surface area contributed by atoms with Crippen LogP contribution in [0.15, 0.2) is 60.8 Å². The first-order chi connectivity index (χ1) is 13.9. The number of hydrogen-bond acceptors (Lipinski definition) is 6. The molecule has 2 aromatic carbocycles. The number of carbonyl (C=O) groups is 3. The quantitative estimate of drug-likeness (QED) is 0.272. The van der Waals surface area contributed by atoms with E-state index in [0.717, 1.165) is 6.07 Å². The lowest BCUT2D eigenvalue weighted by Gasteiger charge is -2.09. The minimum Gasteiger partial charge on any atom is -0.454 e. The number of nitrogens with zero attached hydrogens (tertiary/aromatic N) is 1. The number of Topliss-reactive ketones (excluding diaryl/α,β-unsaturated/α-hetero) is 1. The van der Waals surface area contributed by atoms with Crippen LogP contribution in [0.3, 0.4) is 0 Å². The van der Waals surface area contributed by atoms with Gasteiger partial charge < -0.3 is 9.72 Å². The lowest BCUT2D eigenvalue weighted by Crippen LogP contribution is -2.17. The Hall–Kier alpha value is -3.78. The molecule has 0 spiro atoms. The molecule has 0 unspecified atom stereocenters. The molecule has 0 amide bonds. The number of hydrogen-bond donors (Lipinski definition) is 1. The van der Waals surface area contributed by atoms with E-state index >= 15 is 0 Å². The van der Waals surface area contributed by atoms with Gasteiger partial charge in [-0.15, -0.1) is 0 Å². The molecule has 0 radical (unpaired) electrons.